The highest BCUT2D eigenvalue weighted by Crippen LogP contribution is 2.29. The van der Waals surface area contributed by atoms with Gasteiger partial charge in [0.2, 0.25) is 5.91 Å². The van der Waals surface area contributed by atoms with Gasteiger partial charge in [-0.1, -0.05) is 18.2 Å². The second kappa shape index (κ2) is 13.0. The molecule has 1 atom stereocenters. The predicted molar refractivity (Wildman–Crippen MR) is 159 cm³/mol. The third kappa shape index (κ3) is 6.79. The first-order chi connectivity index (χ1) is 21.2. The number of ketones is 1. The zero-order valence-electron chi connectivity index (χ0n) is 23.5. The summed E-state index contributed by atoms with van der Waals surface area (Å²) in [6.45, 7) is -0.396. The average molecular weight is 595 g/mol. The second-order valence-electron chi connectivity index (χ2n) is 9.93. The number of hydrogen-bond donors (Lipinski definition) is 0. The summed E-state index contributed by atoms with van der Waals surface area (Å²) >= 11 is 0. The number of nitro benzene ring substituents is 1. The van der Waals surface area contributed by atoms with E-state index in [1.807, 2.05) is 0 Å². The highest BCUT2D eigenvalue weighted by molar-refractivity contribution is 6.01. The first-order valence-electron chi connectivity index (χ1n) is 13.5. The molecule has 44 heavy (non-hydrogen) atoms. The number of esters is 2. The number of carbonyl (C=O) groups excluding carboxylic acids is 4. The highest BCUT2D eigenvalue weighted by atomic mass is 16.6. The van der Waals surface area contributed by atoms with Crippen LogP contribution >= 0.6 is 0 Å². The zero-order valence-corrected chi connectivity index (χ0v) is 23.5. The van der Waals surface area contributed by atoms with Crippen molar-refractivity contribution in [3.63, 3.8) is 0 Å². The summed E-state index contributed by atoms with van der Waals surface area (Å²) in [4.78, 5) is 62.3. The van der Waals surface area contributed by atoms with Crippen LogP contribution in [0.2, 0.25) is 0 Å². The zero-order chi connectivity index (χ0) is 31.2. The molecule has 0 aliphatic carbocycles. The average Bonchev–Trinajstić information content (AvgIpc) is 3.45. The molecule has 0 saturated carbocycles. The van der Waals surface area contributed by atoms with Gasteiger partial charge in [0.05, 0.1) is 23.5 Å². The maximum atomic E-state index is 12.7. The number of non-ortho nitro benzene ring substituents is 1. The number of rotatable bonds is 10. The molecule has 5 rings (SSSR count). The van der Waals surface area contributed by atoms with Gasteiger partial charge in [0.1, 0.15) is 11.5 Å². The van der Waals surface area contributed by atoms with Crippen LogP contribution in [0, 0.1) is 16.0 Å². The lowest BCUT2D eigenvalue weighted by Gasteiger charge is -2.17. The van der Waals surface area contributed by atoms with Crippen LogP contribution in [0.3, 0.4) is 0 Å². The second-order valence-corrected chi connectivity index (χ2v) is 9.93. The fraction of sp³-hybridized carbons (Fsp3) is 0.152. The summed E-state index contributed by atoms with van der Waals surface area (Å²) in [5.74, 6) is -1.93. The maximum Gasteiger partial charge on any atom is 0.343 e. The molecule has 0 bridgehead atoms. The third-order valence-electron chi connectivity index (χ3n) is 7.09. The highest BCUT2D eigenvalue weighted by Gasteiger charge is 2.36. The Labute approximate surface area is 251 Å². The predicted octanol–water partition coefficient (Wildman–Crippen LogP) is 5.27. The lowest BCUT2D eigenvalue weighted by atomic mass is 10.0. The van der Waals surface area contributed by atoms with Crippen molar-refractivity contribution in [2.24, 2.45) is 5.92 Å². The molecule has 0 spiro atoms. The summed E-state index contributed by atoms with van der Waals surface area (Å²) < 4.78 is 15.7. The van der Waals surface area contributed by atoms with E-state index in [0.717, 1.165) is 11.1 Å². The fourth-order valence-corrected chi connectivity index (χ4v) is 4.69. The van der Waals surface area contributed by atoms with Crippen LogP contribution < -0.4 is 14.4 Å². The Balaban J connectivity index is 1.12. The standard InChI is InChI=1S/C33H26N2O9/c1-42-29-4-2-3-24(17-29)33(39)44-28-15-9-23(10-16-28)30(36)20-43-32(38)25-18-31(37)34(19-25)26-11-5-21(6-12-26)22-7-13-27(14-8-22)35(40)41/h2-17,25H,18-20H2,1H3/t25-/m1/s1. The minimum Gasteiger partial charge on any atom is -0.497 e. The minimum atomic E-state index is -0.733. The molecule has 11 heteroatoms. The summed E-state index contributed by atoms with van der Waals surface area (Å²) in [6, 6.07) is 25.6. The molecule has 1 fully saturated rings. The van der Waals surface area contributed by atoms with Crippen molar-refractivity contribution in [3.05, 3.63) is 118 Å². The summed E-state index contributed by atoms with van der Waals surface area (Å²) in [5, 5.41) is 10.9. The molecule has 1 aliphatic heterocycles. The lowest BCUT2D eigenvalue weighted by molar-refractivity contribution is -0.384. The van der Waals surface area contributed by atoms with Crippen LogP contribution in [0.25, 0.3) is 11.1 Å². The normalized spacial score (nSPS) is 14.2. The summed E-state index contributed by atoms with van der Waals surface area (Å²) in [6.07, 6.45) is -0.0511. The topological polar surface area (TPSA) is 142 Å². The number of carbonyl (C=O) groups is 4. The van der Waals surface area contributed by atoms with Crippen LogP contribution in [0.5, 0.6) is 11.5 Å². The van der Waals surface area contributed by atoms with E-state index >= 15 is 0 Å². The smallest absolute Gasteiger partial charge is 0.343 e. The Morgan fingerprint density at radius 2 is 1.52 bits per heavy atom. The van der Waals surface area contributed by atoms with E-state index in [4.69, 9.17) is 14.2 Å². The molecule has 0 radical (unpaired) electrons. The first kappa shape index (κ1) is 29.6. The van der Waals surface area contributed by atoms with Crippen LogP contribution in [0.15, 0.2) is 97.1 Å². The van der Waals surface area contributed by atoms with Gasteiger partial charge >= 0.3 is 11.9 Å². The Kier molecular flexibility index (Phi) is 8.75. The molecule has 0 N–H and O–H groups in total. The van der Waals surface area contributed by atoms with Crippen LogP contribution in [-0.2, 0) is 14.3 Å². The summed E-state index contributed by atoms with van der Waals surface area (Å²) in [7, 11) is 1.49. The van der Waals surface area contributed by atoms with Crippen LogP contribution in [-0.4, -0.2) is 48.8 Å². The quantitative estimate of drug-likeness (QED) is 0.0789. The van der Waals surface area contributed by atoms with Gasteiger partial charge in [0, 0.05) is 36.3 Å². The van der Waals surface area contributed by atoms with Crippen molar-refractivity contribution in [1.82, 2.24) is 0 Å². The Morgan fingerprint density at radius 3 is 2.16 bits per heavy atom. The van der Waals surface area contributed by atoms with Crippen molar-refractivity contribution in [3.8, 4) is 22.6 Å². The molecule has 1 heterocycles. The number of ether oxygens (including phenoxy) is 3. The Hall–Kier alpha value is -5.84. The van der Waals surface area contributed by atoms with Gasteiger partial charge in [-0.3, -0.25) is 24.5 Å². The van der Waals surface area contributed by atoms with E-state index in [1.54, 1.807) is 60.7 Å². The number of Topliss-reactive ketones (excluding diaryl/α,β-unsaturated/α-hetero) is 1. The van der Waals surface area contributed by atoms with E-state index < -0.39 is 35.2 Å². The SMILES string of the molecule is COc1cccc(C(=O)Oc2ccc(C(=O)COC(=O)[C@@H]3CC(=O)N(c4ccc(-c5ccc([N+](=O)[O-])cc5)cc4)C3)cc2)c1. The third-order valence-corrected chi connectivity index (χ3v) is 7.09. The van der Waals surface area contributed by atoms with E-state index in [1.165, 1.54) is 48.4 Å². The van der Waals surface area contributed by atoms with E-state index in [9.17, 15) is 29.3 Å². The van der Waals surface area contributed by atoms with Gasteiger partial charge in [-0.05, 0) is 77.9 Å². The Morgan fingerprint density at radius 1 is 0.864 bits per heavy atom. The molecular weight excluding hydrogens is 568 g/mol. The number of hydrogen-bond acceptors (Lipinski definition) is 9. The van der Waals surface area contributed by atoms with Crippen molar-refractivity contribution in [2.45, 2.75) is 6.42 Å². The van der Waals surface area contributed by atoms with Gasteiger partial charge in [0.25, 0.3) is 5.69 Å². The number of benzene rings is 4. The summed E-state index contributed by atoms with van der Waals surface area (Å²) in [5.41, 5.74) is 2.75. The number of anilines is 1. The van der Waals surface area contributed by atoms with Crippen LogP contribution in [0.4, 0.5) is 11.4 Å². The molecule has 0 unspecified atom stereocenters. The molecule has 1 aliphatic rings. The number of amides is 1. The van der Waals surface area contributed by atoms with Crippen molar-refractivity contribution >= 4 is 35.0 Å². The molecule has 0 aromatic heterocycles. The molecule has 11 nitrogen and oxygen atoms in total. The molecule has 4 aromatic rings. The van der Waals surface area contributed by atoms with Gasteiger partial charge in [0.15, 0.2) is 12.4 Å². The van der Waals surface area contributed by atoms with E-state index in [2.05, 4.69) is 0 Å². The van der Waals surface area contributed by atoms with E-state index in [0.29, 0.717) is 17.0 Å². The minimum absolute atomic E-state index is 0.00527. The molecule has 1 saturated heterocycles. The number of methoxy groups -OCH3 is 1. The number of nitrogens with zero attached hydrogens (tertiary/aromatic N) is 2. The molecule has 4 aromatic carbocycles. The Bertz CT molecular complexity index is 1720. The lowest BCUT2D eigenvalue weighted by Crippen LogP contribution is -2.27. The van der Waals surface area contributed by atoms with Gasteiger partial charge < -0.3 is 19.1 Å². The van der Waals surface area contributed by atoms with Gasteiger partial charge in [-0.25, -0.2) is 4.79 Å². The monoisotopic (exact) mass is 594 g/mol. The largest absolute Gasteiger partial charge is 0.497 e. The number of nitro groups is 1. The molecule has 1 amide bonds. The molecule has 222 valence electrons. The van der Waals surface area contributed by atoms with Crippen molar-refractivity contribution in [1.29, 1.82) is 0 Å². The van der Waals surface area contributed by atoms with Crippen LogP contribution in [0.1, 0.15) is 27.1 Å². The van der Waals surface area contributed by atoms with Crippen molar-refractivity contribution < 1.29 is 38.3 Å². The fourth-order valence-electron chi connectivity index (χ4n) is 4.69. The van der Waals surface area contributed by atoms with E-state index in [-0.39, 0.29) is 35.9 Å². The maximum absolute atomic E-state index is 12.7. The van der Waals surface area contributed by atoms with Gasteiger partial charge in [-0.15, -0.1) is 0 Å². The van der Waals surface area contributed by atoms with Crippen molar-refractivity contribution in [2.75, 3.05) is 25.2 Å². The molecular formula is C33H26N2O9. The first-order valence-corrected chi connectivity index (χ1v) is 13.5. The van der Waals surface area contributed by atoms with Gasteiger partial charge in [-0.2, -0.15) is 0 Å².